The Kier molecular flexibility index (Phi) is 2.46. The summed E-state index contributed by atoms with van der Waals surface area (Å²) >= 11 is 0. The quantitative estimate of drug-likeness (QED) is 0.774. The number of anilines is 1. The van der Waals surface area contributed by atoms with Crippen LogP contribution in [0, 0.1) is 0 Å². The number of benzene rings is 1. The van der Waals surface area contributed by atoms with Crippen LogP contribution in [0.5, 0.6) is 0 Å². The molecule has 3 aliphatic rings. The molecule has 0 radical (unpaired) electrons. The molecule has 3 heteroatoms. The lowest BCUT2D eigenvalue weighted by molar-refractivity contribution is -0.129. The van der Waals surface area contributed by atoms with E-state index in [1.54, 1.807) is 0 Å². The van der Waals surface area contributed by atoms with Crippen molar-refractivity contribution in [3.63, 3.8) is 0 Å². The second-order valence-electron chi connectivity index (χ2n) is 5.95. The maximum Gasteiger partial charge on any atom is 0.239 e. The maximum atomic E-state index is 12.9. The third-order valence-corrected chi connectivity index (χ3v) is 4.96. The van der Waals surface area contributed by atoms with Gasteiger partial charge in [-0.1, -0.05) is 24.6 Å². The van der Waals surface area contributed by atoms with E-state index in [9.17, 15) is 4.79 Å². The van der Waals surface area contributed by atoms with E-state index in [1.165, 1.54) is 12.0 Å². The molecular formula is C16H19NO2. The highest BCUT2D eigenvalue weighted by Gasteiger charge is 2.55. The van der Waals surface area contributed by atoms with Gasteiger partial charge in [0.15, 0.2) is 0 Å². The predicted molar refractivity (Wildman–Crippen MR) is 73.0 cm³/mol. The zero-order valence-corrected chi connectivity index (χ0v) is 11.1. The van der Waals surface area contributed by atoms with Gasteiger partial charge in [-0.2, -0.15) is 0 Å². The molecule has 1 aliphatic carbocycles. The van der Waals surface area contributed by atoms with Gasteiger partial charge in [-0.3, -0.25) is 9.69 Å². The van der Waals surface area contributed by atoms with Crippen LogP contribution >= 0.6 is 0 Å². The zero-order valence-electron chi connectivity index (χ0n) is 11.1. The van der Waals surface area contributed by atoms with E-state index in [0.29, 0.717) is 0 Å². The Hall–Kier alpha value is -1.35. The first-order valence-electron chi connectivity index (χ1n) is 7.38. The second-order valence-corrected chi connectivity index (χ2v) is 5.95. The Morgan fingerprint density at radius 2 is 2.00 bits per heavy atom. The molecule has 1 saturated carbocycles. The van der Waals surface area contributed by atoms with E-state index >= 15 is 0 Å². The van der Waals surface area contributed by atoms with Gasteiger partial charge in [-0.15, -0.1) is 0 Å². The van der Waals surface area contributed by atoms with Gasteiger partial charge in [0, 0.05) is 6.61 Å². The number of para-hydroxylation sites is 1. The number of rotatable bonds is 1. The Morgan fingerprint density at radius 1 is 1.16 bits per heavy atom. The minimum absolute atomic E-state index is 0.0395. The van der Waals surface area contributed by atoms with Crippen molar-refractivity contribution in [2.24, 2.45) is 0 Å². The average Bonchev–Trinajstić information content (AvgIpc) is 2.68. The number of carbonyl (C=O) groups excluding carboxylic acids is 1. The summed E-state index contributed by atoms with van der Waals surface area (Å²) in [7, 11) is 0. The number of hydrogen-bond acceptors (Lipinski definition) is 2. The van der Waals surface area contributed by atoms with Gasteiger partial charge in [-0.05, 0) is 43.7 Å². The summed E-state index contributed by atoms with van der Waals surface area (Å²) in [5.74, 6) is 0.284. The molecule has 0 N–H and O–H groups in total. The number of nitrogens with zero attached hydrogens (tertiary/aromatic N) is 1. The van der Waals surface area contributed by atoms with E-state index in [-0.39, 0.29) is 17.6 Å². The molecule has 1 aromatic carbocycles. The highest BCUT2D eigenvalue weighted by atomic mass is 16.5. The molecule has 1 aromatic rings. The van der Waals surface area contributed by atoms with E-state index in [0.717, 1.165) is 44.4 Å². The fraction of sp³-hybridized carbons (Fsp3) is 0.562. The number of hydrogen-bond donors (Lipinski definition) is 0. The highest BCUT2D eigenvalue weighted by molar-refractivity contribution is 6.09. The third-order valence-electron chi connectivity index (χ3n) is 4.96. The number of fused-ring (bicyclic) bond motifs is 2. The topological polar surface area (TPSA) is 29.5 Å². The molecule has 2 aliphatic heterocycles. The van der Waals surface area contributed by atoms with Crippen LogP contribution < -0.4 is 4.90 Å². The number of amides is 1. The molecule has 1 unspecified atom stereocenters. The SMILES string of the molecule is O=C1N(C2CCCCO2)c2ccccc2C12CCC2. The van der Waals surface area contributed by atoms with Crippen molar-refractivity contribution in [3.05, 3.63) is 29.8 Å². The van der Waals surface area contributed by atoms with Crippen molar-refractivity contribution in [1.29, 1.82) is 0 Å². The Labute approximate surface area is 113 Å². The lowest BCUT2D eigenvalue weighted by Crippen LogP contribution is -2.50. The van der Waals surface area contributed by atoms with Crippen LogP contribution in [0.3, 0.4) is 0 Å². The molecule has 0 bridgehead atoms. The van der Waals surface area contributed by atoms with E-state index in [2.05, 4.69) is 18.2 Å². The lowest BCUT2D eigenvalue weighted by Gasteiger charge is -2.38. The first-order chi connectivity index (χ1) is 9.33. The average molecular weight is 257 g/mol. The minimum Gasteiger partial charge on any atom is -0.358 e. The van der Waals surface area contributed by atoms with Crippen molar-refractivity contribution >= 4 is 11.6 Å². The van der Waals surface area contributed by atoms with Crippen molar-refractivity contribution in [2.45, 2.75) is 50.2 Å². The fourth-order valence-electron chi connectivity index (χ4n) is 3.77. The van der Waals surface area contributed by atoms with Gasteiger partial charge < -0.3 is 4.74 Å². The summed E-state index contributed by atoms with van der Waals surface area (Å²) in [5, 5.41) is 0. The summed E-state index contributed by atoms with van der Waals surface area (Å²) in [4.78, 5) is 14.9. The monoisotopic (exact) mass is 257 g/mol. The molecule has 1 amide bonds. The second kappa shape index (κ2) is 4.07. The van der Waals surface area contributed by atoms with Crippen molar-refractivity contribution in [2.75, 3.05) is 11.5 Å². The molecule has 1 saturated heterocycles. The highest BCUT2D eigenvalue weighted by Crippen LogP contribution is 2.54. The van der Waals surface area contributed by atoms with Crippen LogP contribution in [0.2, 0.25) is 0 Å². The molecule has 2 fully saturated rings. The molecule has 2 heterocycles. The van der Waals surface area contributed by atoms with Gasteiger partial charge in [0.05, 0.1) is 11.1 Å². The zero-order chi connectivity index (χ0) is 12.9. The summed E-state index contributed by atoms with van der Waals surface area (Å²) in [6.07, 6.45) is 6.38. The van der Waals surface area contributed by atoms with Crippen LogP contribution in [-0.2, 0) is 14.9 Å². The molecule has 19 heavy (non-hydrogen) atoms. The van der Waals surface area contributed by atoms with Crippen LogP contribution in [0.15, 0.2) is 24.3 Å². The molecule has 0 aromatic heterocycles. The van der Waals surface area contributed by atoms with E-state index in [4.69, 9.17) is 4.74 Å². The summed E-state index contributed by atoms with van der Waals surface area (Å²) in [5.41, 5.74) is 2.12. The molecule has 4 rings (SSSR count). The van der Waals surface area contributed by atoms with Gasteiger partial charge in [0.2, 0.25) is 5.91 Å². The molecule has 3 nitrogen and oxygen atoms in total. The Balaban J connectivity index is 1.77. The summed E-state index contributed by atoms with van der Waals surface area (Å²) in [6.45, 7) is 0.781. The third kappa shape index (κ3) is 1.45. The Morgan fingerprint density at radius 3 is 2.68 bits per heavy atom. The molecule has 100 valence electrons. The summed E-state index contributed by atoms with van der Waals surface area (Å²) < 4.78 is 5.86. The van der Waals surface area contributed by atoms with Gasteiger partial charge in [0.1, 0.15) is 6.23 Å². The number of ether oxygens (including phenoxy) is 1. The minimum atomic E-state index is -0.211. The normalized spacial score (nSPS) is 28.3. The van der Waals surface area contributed by atoms with E-state index in [1.807, 2.05) is 11.0 Å². The van der Waals surface area contributed by atoms with Crippen LogP contribution in [0.1, 0.15) is 44.1 Å². The van der Waals surface area contributed by atoms with E-state index < -0.39 is 0 Å². The van der Waals surface area contributed by atoms with Crippen molar-refractivity contribution in [3.8, 4) is 0 Å². The van der Waals surface area contributed by atoms with Crippen LogP contribution in [0.4, 0.5) is 5.69 Å². The standard InChI is InChI=1S/C16H19NO2/c18-15-16(9-5-10-16)12-6-1-2-7-13(12)17(15)14-8-3-4-11-19-14/h1-2,6-7,14H,3-5,8-11H2. The Bertz CT molecular complexity index is 515. The van der Waals surface area contributed by atoms with Gasteiger partial charge in [-0.25, -0.2) is 0 Å². The largest absolute Gasteiger partial charge is 0.358 e. The molecule has 1 spiro atoms. The van der Waals surface area contributed by atoms with Gasteiger partial charge >= 0.3 is 0 Å². The first kappa shape index (κ1) is 11.5. The fourth-order valence-corrected chi connectivity index (χ4v) is 3.77. The van der Waals surface area contributed by atoms with Crippen LogP contribution in [-0.4, -0.2) is 18.7 Å². The number of carbonyl (C=O) groups is 1. The molecule has 1 atom stereocenters. The van der Waals surface area contributed by atoms with Crippen molar-refractivity contribution in [1.82, 2.24) is 0 Å². The van der Waals surface area contributed by atoms with Crippen LogP contribution in [0.25, 0.3) is 0 Å². The predicted octanol–water partition coefficient (Wildman–Crippen LogP) is 2.98. The van der Waals surface area contributed by atoms with Gasteiger partial charge in [0.25, 0.3) is 0 Å². The lowest BCUT2D eigenvalue weighted by atomic mass is 9.65. The summed E-state index contributed by atoms with van der Waals surface area (Å²) in [6, 6.07) is 8.30. The molecular weight excluding hydrogens is 238 g/mol. The van der Waals surface area contributed by atoms with Crippen molar-refractivity contribution < 1.29 is 9.53 Å². The smallest absolute Gasteiger partial charge is 0.239 e. The maximum absolute atomic E-state index is 12.9. The first-order valence-corrected chi connectivity index (χ1v) is 7.38.